The van der Waals surface area contributed by atoms with Crippen LogP contribution in [0.25, 0.3) is 11.3 Å². The number of rotatable bonds is 8. The first kappa shape index (κ1) is 20.7. The molecule has 0 aliphatic rings. The predicted octanol–water partition coefficient (Wildman–Crippen LogP) is 5.62. The highest BCUT2D eigenvalue weighted by Gasteiger charge is 2.15. The summed E-state index contributed by atoms with van der Waals surface area (Å²) in [5, 5.41) is 5.02. The predicted molar refractivity (Wildman–Crippen MR) is 109 cm³/mol. The molecule has 3 aromatic rings. The van der Waals surface area contributed by atoms with E-state index in [9.17, 15) is 13.6 Å². The highest BCUT2D eigenvalue weighted by Crippen LogP contribution is 2.30. The number of benzene rings is 2. The fourth-order valence-corrected chi connectivity index (χ4v) is 3.48. The Labute approximate surface area is 171 Å². The SMILES string of the molecule is CCCc1ccc(-c2csc(NC(=O)c3ccc(OC(F)F)c(OC)c3)n2)cc1. The number of aryl methyl sites for hydroxylation is 1. The normalized spacial score (nSPS) is 10.8. The second kappa shape index (κ2) is 9.47. The van der Waals surface area contributed by atoms with Gasteiger partial charge < -0.3 is 9.47 Å². The Hall–Kier alpha value is -3.00. The van der Waals surface area contributed by atoms with Gasteiger partial charge in [0.25, 0.3) is 5.91 Å². The number of aromatic nitrogens is 1. The van der Waals surface area contributed by atoms with Crippen LogP contribution in [0.1, 0.15) is 29.3 Å². The monoisotopic (exact) mass is 418 g/mol. The molecule has 0 radical (unpaired) electrons. The number of amides is 1. The number of halogens is 2. The van der Waals surface area contributed by atoms with Gasteiger partial charge in [-0.05, 0) is 30.2 Å². The van der Waals surface area contributed by atoms with Gasteiger partial charge in [0, 0.05) is 16.5 Å². The molecule has 1 aromatic heterocycles. The molecule has 0 aliphatic heterocycles. The molecular weight excluding hydrogens is 398 g/mol. The molecule has 152 valence electrons. The van der Waals surface area contributed by atoms with E-state index in [-0.39, 0.29) is 17.1 Å². The second-order valence-electron chi connectivity index (χ2n) is 6.18. The summed E-state index contributed by atoms with van der Waals surface area (Å²) < 4.78 is 34.2. The third kappa shape index (κ3) is 5.29. The molecule has 2 aromatic carbocycles. The maximum Gasteiger partial charge on any atom is 0.387 e. The lowest BCUT2D eigenvalue weighted by Crippen LogP contribution is -2.12. The topological polar surface area (TPSA) is 60.5 Å². The zero-order valence-electron chi connectivity index (χ0n) is 15.9. The molecule has 0 saturated heterocycles. The van der Waals surface area contributed by atoms with Gasteiger partial charge in [-0.2, -0.15) is 8.78 Å². The Balaban J connectivity index is 1.71. The number of carbonyl (C=O) groups excluding carboxylic acids is 1. The van der Waals surface area contributed by atoms with Crippen LogP contribution < -0.4 is 14.8 Å². The molecule has 0 saturated carbocycles. The molecule has 8 heteroatoms. The molecule has 0 unspecified atom stereocenters. The summed E-state index contributed by atoms with van der Waals surface area (Å²) >= 11 is 1.31. The van der Waals surface area contributed by atoms with E-state index in [1.165, 1.54) is 42.2 Å². The number of nitrogens with zero attached hydrogens (tertiary/aromatic N) is 1. The first-order chi connectivity index (χ1) is 14.0. The number of alkyl halides is 2. The first-order valence-electron chi connectivity index (χ1n) is 8.99. The number of ether oxygens (including phenoxy) is 2. The molecule has 3 rings (SSSR count). The van der Waals surface area contributed by atoms with Crippen LogP contribution >= 0.6 is 11.3 Å². The van der Waals surface area contributed by atoms with Crippen LogP contribution in [0.15, 0.2) is 47.8 Å². The van der Waals surface area contributed by atoms with Crippen LogP contribution in [0.2, 0.25) is 0 Å². The van der Waals surface area contributed by atoms with Crippen LogP contribution in [0.3, 0.4) is 0 Å². The maximum atomic E-state index is 12.5. The fraction of sp³-hybridized carbons (Fsp3) is 0.238. The molecule has 1 N–H and O–H groups in total. The van der Waals surface area contributed by atoms with Crippen molar-refractivity contribution in [3.8, 4) is 22.8 Å². The van der Waals surface area contributed by atoms with Crippen molar-refractivity contribution in [1.82, 2.24) is 4.98 Å². The van der Waals surface area contributed by atoms with Gasteiger partial charge >= 0.3 is 6.61 Å². The van der Waals surface area contributed by atoms with Crippen LogP contribution in [0.5, 0.6) is 11.5 Å². The summed E-state index contributed by atoms with van der Waals surface area (Å²) in [6.45, 7) is -0.841. The van der Waals surface area contributed by atoms with Crippen LogP contribution in [-0.4, -0.2) is 24.6 Å². The Morgan fingerprint density at radius 1 is 1.17 bits per heavy atom. The van der Waals surface area contributed by atoms with E-state index < -0.39 is 12.5 Å². The van der Waals surface area contributed by atoms with Gasteiger partial charge in [0.05, 0.1) is 12.8 Å². The summed E-state index contributed by atoms with van der Waals surface area (Å²) in [5.74, 6) is -0.516. The highest BCUT2D eigenvalue weighted by molar-refractivity contribution is 7.14. The molecule has 1 amide bonds. The minimum atomic E-state index is -2.98. The van der Waals surface area contributed by atoms with Gasteiger partial charge in [0.1, 0.15) is 0 Å². The van der Waals surface area contributed by atoms with Crippen molar-refractivity contribution in [1.29, 1.82) is 0 Å². The van der Waals surface area contributed by atoms with E-state index in [4.69, 9.17) is 4.74 Å². The number of nitrogens with one attached hydrogen (secondary N) is 1. The maximum absolute atomic E-state index is 12.5. The Kier molecular flexibility index (Phi) is 6.77. The molecule has 0 bridgehead atoms. The van der Waals surface area contributed by atoms with Gasteiger partial charge in [0.2, 0.25) is 0 Å². The first-order valence-corrected chi connectivity index (χ1v) is 9.87. The summed E-state index contributed by atoms with van der Waals surface area (Å²) in [6, 6.07) is 12.2. The van der Waals surface area contributed by atoms with E-state index in [1.54, 1.807) is 0 Å². The van der Waals surface area contributed by atoms with E-state index in [0.29, 0.717) is 5.13 Å². The van der Waals surface area contributed by atoms with Gasteiger partial charge in [0.15, 0.2) is 16.6 Å². The third-order valence-electron chi connectivity index (χ3n) is 4.15. The molecule has 1 heterocycles. The van der Waals surface area contributed by atoms with Crippen molar-refractivity contribution < 1.29 is 23.0 Å². The van der Waals surface area contributed by atoms with Crippen molar-refractivity contribution in [2.45, 2.75) is 26.4 Å². The minimum Gasteiger partial charge on any atom is -0.493 e. The smallest absolute Gasteiger partial charge is 0.387 e. The third-order valence-corrected chi connectivity index (χ3v) is 4.91. The standard InChI is InChI=1S/C21H20F2N2O3S/c1-3-4-13-5-7-14(8-6-13)16-12-29-21(24-16)25-19(26)15-9-10-17(28-20(22)23)18(11-15)27-2/h5-12,20H,3-4H2,1-2H3,(H,24,25,26). The average molecular weight is 418 g/mol. The van der Waals surface area contributed by atoms with Gasteiger partial charge in [-0.3, -0.25) is 10.1 Å². The lowest BCUT2D eigenvalue weighted by Gasteiger charge is -2.11. The molecule has 0 fully saturated rings. The average Bonchev–Trinajstić information content (AvgIpc) is 3.17. The van der Waals surface area contributed by atoms with Gasteiger partial charge in [-0.25, -0.2) is 4.98 Å². The van der Waals surface area contributed by atoms with E-state index >= 15 is 0 Å². The van der Waals surface area contributed by atoms with Crippen molar-refractivity contribution in [2.75, 3.05) is 12.4 Å². The number of thiazole rings is 1. The zero-order chi connectivity index (χ0) is 20.8. The van der Waals surface area contributed by atoms with Crippen molar-refractivity contribution >= 4 is 22.4 Å². The van der Waals surface area contributed by atoms with Crippen LogP contribution in [-0.2, 0) is 6.42 Å². The highest BCUT2D eigenvalue weighted by atomic mass is 32.1. The second-order valence-corrected chi connectivity index (χ2v) is 7.04. The minimum absolute atomic E-state index is 0.0462. The largest absolute Gasteiger partial charge is 0.493 e. The number of hydrogen-bond donors (Lipinski definition) is 1. The fourth-order valence-electron chi connectivity index (χ4n) is 2.77. The molecule has 29 heavy (non-hydrogen) atoms. The van der Waals surface area contributed by atoms with Crippen molar-refractivity contribution in [2.24, 2.45) is 0 Å². The number of hydrogen-bond acceptors (Lipinski definition) is 5. The number of carbonyl (C=O) groups is 1. The van der Waals surface area contributed by atoms with Crippen LogP contribution in [0.4, 0.5) is 13.9 Å². The molecule has 0 aliphatic carbocycles. The Morgan fingerprint density at radius 3 is 2.59 bits per heavy atom. The number of anilines is 1. The quantitative estimate of drug-likeness (QED) is 0.515. The van der Waals surface area contributed by atoms with E-state index in [2.05, 4.69) is 34.1 Å². The Bertz CT molecular complexity index is 974. The summed E-state index contributed by atoms with van der Waals surface area (Å²) in [6.07, 6.45) is 2.12. The summed E-state index contributed by atoms with van der Waals surface area (Å²) in [7, 11) is 1.31. The molecular formula is C21H20F2N2O3S. The summed E-state index contributed by atoms with van der Waals surface area (Å²) in [4.78, 5) is 16.9. The molecule has 0 atom stereocenters. The lowest BCUT2D eigenvalue weighted by atomic mass is 10.1. The van der Waals surface area contributed by atoms with Crippen molar-refractivity contribution in [3.05, 3.63) is 59.0 Å². The van der Waals surface area contributed by atoms with Gasteiger partial charge in [-0.1, -0.05) is 37.6 Å². The molecule has 5 nitrogen and oxygen atoms in total. The summed E-state index contributed by atoms with van der Waals surface area (Å²) in [5.41, 5.74) is 3.25. The van der Waals surface area contributed by atoms with Crippen LogP contribution in [0, 0.1) is 0 Å². The van der Waals surface area contributed by atoms with Gasteiger partial charge in [-0.15, -0.1) is 11.3 Å². The number of methoxy groups -OCH3 is 1. The van der Waals surface area contributed by atoms with Crippen molar-refractivity contribution in [3.63, 3.8) is 0 Å². The molecule has 0 spiro atoms. The van der Waals surface area contributed by atoms with E-state index in [0.717, 1.165) is 24.1 Å². The zero-order valence-corrected chi connectivity index (χ0v) is 16.8. The lowest BCUT2D eigenvalue weighted by molar-refractivity contribution is -0.0512. The van der Waals surface area contributed by atoms with E-state index in [1.807, 2.05) is 17.5 Å². The Morgan fingerprint density at radius 2 is 1.93 bits per heavy atom.